The number of nitrogens with one attached hydrogen (secondary N) is 1. The number of rotatable bonds is 9. The van der Waals surface area contributed by atoms with E-state index < -0.39 is 0 Å². The zero-order chi connectivity index (χ0) is 19.6. The van der Waals surface area contributed by atoms with Gasteiger partial charge in [0.1, 0.15) is 5.75 Å². The second-order valence-corrected chi connectivity index (χ2v) is 6.65. The van der Waals surface area contributed by atoms with Crippen LogP contribution < -0.4 is 10.1 Å². The molecular formula is C24H26N2O2. The molecule has 0 aliphatic carbocycles. The summed E-state index contributed by atoms with van der Waals surface area (Å²) >= 11 is 0. The van der Waals surface area contributed by atoms with Crippen molar-refractivity contribution in [2.75, 3.05) is 6.61 Å². The van der Waals surface area contributed by atoms with Crippen LogP contribution in [0.1, 0.15) is 42.1 Å². The average molecular weight is 374 g/mol. The third kappa shape index (κ3) is 5.68. The van der Waals surface area contributed by atoms with Crippen molar-refractivity contribution in [3.8, 4) is 5.75 Å². The molecule has 0 bridgehead atoms. The van der Waals surface area contributed by atoms with E-state index in [4.69, 9.17) is 4.74 Å². The minimum Gasteiger partial charge on any atom is -0.494 e. The summed E-state index contributed by atoms with van der Waals surface area (Å²) in [6, 6.07) is 17.2. The molecule has 0 aliphatic heterocycles. The van der Waals surface area contributed by atoms with Crippen LogP contribution in [0.3, 0.4) is 0 Å². The number of aromatic nitrogens is 1. The fourth-order valence-corrected chi connectivity index (χ4v) is 2.97. The molecular weight excluding hydrogens is 348 g/mol. The van der Waals surface area contributed by atoms with Gasteiger partial charge in [0, 0.05) is 23.7 Å². The minimum atomic E-state index is -0.0962. The first-order valence-electron chi connectivity index (χ1n) is 9.72. The molecule has 0 aliphatic rings. The molecule has 0 radical (unpaired) electrons. The van der Waals surface area contributed by atoms with Crippen molar-refractivity contribution >= 4 is 16.8 Å². The summed E-state index contributed by atoms with van der Waals surface area (Å²) in [7, 11) is 0. The molecule has 0 unspecified atom stereocenters. The lowest BCUT2D eigenvalue weighted by atomic mass is 10.1. The fourth-order valence-electron chi connectivity index (χ4n) is 2.97. The van der Waals surface area contributed by atoms with Crippen molar-refractivity contribution in [3.05, 3.63) is 84.1 Å². The number of hydrogen-bond donors (Lipinski definition) is 1. The van der Waals surface area contributed by atoms with Crippen LogP contribution in [0.5, 0.6) is 5.75 Å². The van der Waals surface area contributed by atoms with Crippen LogP contribution in [-0.2, 0) is 6.54 Å². The number of benzene rings is 2. The number of ether oxygens (including phenoxy) is 1. The van der Waals surface area contributed by atoms with Gasteiger partial charge in [-0.05, 0) is 68.1 Å². The molecule has 3 rings (SSSR count). The SMILES string of the molecule is CC=CCCCCOc1cccc(CNC(=O)c2ccc3ncccc3c2)c1. The molecule has 2 aromatic carbocycles. The molecule has 4 nitrogen and oxygen atoms in total. The highest BCUT2D eigenvalue weighted by molar-refractivity contribution is 5.97. The summed E-state index contributed by atoms with van der Waals surface area (Å²) < 4.78 is 5.82. The standard InChI is InChI=1S/C24H26N2O2/c1-2-3-4-5-6-15-28-22-11-7-9-19(16-22)18-26-24(27)21-12-13-23-20(17-21)10-8-14-25-23/h2-3,7-14,16-17H,4-6,15,18H2,1H3,(H,26,27). The van der Waals surface area contributed by atoms with Gasteiger partial charge in [0.25, 0.3) is 5.91 Å². The molecule has 0 fully saturated rings. The molecule has 0 saturated carbocycles. The Morgan fingerprint density at radius 3 is 2.93 bits per heavy atom. The minimum absolute atomic E-state index is 0.0962. The number of pyridine rings is 1. The Balaban J connectivity index is 1.51. The van der Waals surface area contributed by atoms with E-state index in [9.17, 15) is 4.79 Å². The van der Waals surface area contributed by atoms with Gasteiger partial charge in [-0.2, -0.15) is 0 Å². The first kappa shape index (κ1) is 19.6. The van der Waals surface area contributed by atoms with Crippen LogP contribution in [0.25, 0.3) is 10.9 Å². The smallest absolute Gasteiger partial charge is 0.251 e. The average Bonchev–Trinajstić information content (AvgIpc) is 2.74. The molecule has 4 heteroatoms. The van der Waals surface area contributed by atoms with Gasteiger partial charge in [-0.25, -0.2) is 0 Å². The van der Waals surface area contributed by atoms with Crippen molar-refractivity contribution in [3.63, 3.8) is 0 Å². The third-order valence-electron chi connectivity index (χ3n) is 4.49. The molecule has 0 saturated heterocycles. The van der Waals surface area contributed by atoms with Crippen molar-refractivity contribution in [1.82, 2.24) is 10.3 Å². The Morgan fingerprint density at radius 2 is 2.04 bits per heavy atom. The maximum absolute atomic E-state index is 12.5. The highest BCUT2D eigenvalue weighted by Gasteiger charge is 2.07. The maximum Gasteiger partial charge on any atom is 0.251 e. The topological polar surface area (TPSA) is 51.2 Å². The van der Waals surface area contributed by atoms with Crippen molar-refractivity contribution < 1.29 is 9.53 Å². The summed E-state index contributed by atoms with van der Waals surface area (Å²) in [5.74, 6) is 0.746. The van der Waals surface area contributed by atoms with Crippen LogP contribution in [0.4, 0.5) is 0 Å². The van der Waals surface area contributed by atoms with Crippen LogP contribution in [0, 0.1) is 0 Å². The number of unbranched alkanes of at least 4 members (excludes halogenated alkanes) is 2. The molecule has 1 N–H and O–H groups in total. The predicted octanol–water partition coefficient (Wildman–Crippen LogP) is 5.29. The van der Waals surface area contributed by atoms with Crippen LogP contribution >= 0.6 is 0 Å². The Bertz CT molecular complexity index is 950. The zero-order valence-corrected chi connectivity index (χ0v) is 16.2. The van der Waals surface area contributed by atoms with Gasteiger partial charge in [0.15, 0.2) is 0 Å². The predicted molar refractivity (Wildman–Crippen MR) is 114 cm³/mol. The van der Waals surface area contributed by atoms with Gasteiger partial charge in [0.2, 0.25) is 0 Å². The highest BCUT2D eigenvalue weighted by atomic mass is 16.5. The monoisotopic (exact) mass is 374 g/mol. The largest absolute Gasteiger partial charge is 0.494 e. The number of hydrogen-bond acceptors (Lipinski definition) is 3. The summed E-state index contributed by atoms with van der Waals surface area (Å²) in [6.07, 6.45) is 9.25. The van der Waals surface area contributed by atoms with E-state index in [0.717, 1.165) is 41.5 Å². The van der Waals surface area contributed by atoms with Crippen LogP contribution in [0.2, 0.25) is 0 Å². The van der Waals surface area contributed by atoms with E-state index in [1.54, 1.807) is 12.3 Å². The maximum atomic E-state index is 12.5. The number of allylic oxidation sites excluding steroid dienone is 2. The van der Waals surface area contributed by atoms with Crippen molar-refractivity contribution in [2.24, 2.45) is 0 Å². The number of carbonyl (C=O) groups is 1. The Kier molecular flexibility index (Phi) is 7.19. The molecule has 1 aromatic heterocycles. The highest BCUT2D eigenvalue weighted by Crippen LogP contribution is 2.15. The quantitative estimate of drug-likeness (QED) is 0.409. The molecule has 3 aromatic rings. The third-order valence-corrected chi connectivity index (χ3v) is 4.49. The van der Waals surface area contributed by atoms with Gasteiger partial charge in [0.05, 0.1) is 12.1 Å². The Morgan fingerprint density at radius 1 is 1.11 bits per heavy atom. The van der Waals surface area contributed by atoms with E-state index in [2.05, 4.69) is 22.5 Å². The lowest BCUT2D eigenvalue weighted by Crippen LogP contribution is -2.22. The summed E-state index contributed by atoms with van der Waals surface area (Å²) in [5.41, 5.74) is 2.53. The van der Waals surface area contributed by atoms with Crippen molar-refractivity contribution in [1.29, 1.82) is 0 Å². The number of fused-ring (bicyclic) bond motifs is 1. The Hall–Kier alpha value is -3.14. The first-order chi connectivity index (χ1) is 13.8. The van der Waals surface area contributed by atoms with Crippen LogP contribution in [0.15, 0.2) is 72.9 Å². The van der Waals surface area contributed by atoms with E-state index >= 15 is 0 Å². The Labute approximate surface area is 166 Å². The van der Waals surface area contributed by atoms with E-state index in [0.29, 0.717) is 18.7 Å². The molecule has 144 valence electrons. The lowest BCUT2D eigenvalue weighted by Gasteiger charge is -2.09. The van der Waals surface area contributed by atoms with E-state index in [-0.39, 0.29) is 5.91 Å². The van der Waals surface area contributed by atoms with Gasteiger partial charge in [-0.15, -0.1) is 0 Å². The van der Waals surface area contributed by atoms with Gasteiger partial charge in [-0.3, -0.25) is 9.78 Å². The zero-order valence-electron chi connectivity index (χ0n) is 16.2. The first-order valence-corrected chi connectivity index (χ1v) is 9.72. The normalized spacial score (nSPS) is 11.0. The summed E-state index contributed by atoms with van der Waals surface area (Å²) in [4.78, 5) is 16.8. The lowest BCUT2D eigenvalue weighted by molar-refractivity contribution is 0.0951. The number of carbonyl (C=O) groups excluding carboxylic acids is 1. The fraction of sp³-hybridized carbons (Fsp3) is 0.250. The van der Waals surface area contributed by atoms with Gasteiger partial charge >= 0.3 is 0 Å². The van der Waals surface area contributed by atoms with Gasteiger partial charge < -0.3 is 10.1 Å². The van der Waals surface area contributed by atoms with E-state index in [1.807, 2.05) is 55.5 Å². The van der Waals surface area contributed by atoms with Crippen LogP contribution in [-0.4, -0.2) is 17.5 Å². The molecule has 0 spiro atoms. The summed E-state index contributed by atoms with van der Waals surface area (Å²) in [6.45, 7) is 3.21. The summed E-state index contributed by atoms with van der Waals surface area (Å²) in [5, 5.41) is 3.93. The van der Waals surface area contributed by atoms with Gasteiger partial charge in [-0.1, -0.05) is 30.4 Å². The molecule has 1 heterocycles. The molecule has 0 atom stereocenters. The van der Waals surface area contributed by atoms with E-state index in [1.165, 1.54) is 0 Å². The number of amides is 1. The molecule has 28 heavy (non-hydrogen) atoms. The number of nitrogens with zero attached hydrogens (tertiary/aromatic N) is 1. The molecule has 1 amide bonds. The van der Waals surface area contributed by atoms with Crippen molar-refractivity contribution in [2.45, 2.75) is 32.7 Å². The second kappa shape index (κ2) is 10.3. The second-order valence-electron chi connectivity index (χ2n) is 6.65.